The molecule has 0 saturated carbocycles. The smallest absolute Gasteiger partial charge is 0.131 e. The Bertz CT molecular complexity index is 1270. The molecule has 0 radical (unpaired) electrons. The van der Waals surface area contributed by atoms with Crippen LogP contribution in [-0.4, -0.2) is 22.6 Å². The standard InChI is InChI=1S/C34H29NO/c36-34(30-22-12-4-13-23-30,31-24-14-5-15-25-31)32-26-35(32)33(27-16-6-1-7-17-27,28-18-8-2-9-19-28)29-20-10-3-11-21-29/h1-25,32,36H,26H2. The average molecular weight is 468 g/mol. The molecule has 1 aliphatic heterocycles. The normalized spacial score (nSPS) is 17.5. The summed E-state index contributed by atoms with van der Waals surface area (Å²) in [4.78, 5) is 2.47. The number of hydrogen-bond acceptors (Lipinski definition) is 2. The van der Waals surface area contributed by atoms with Crippen LogP contribution in [0, 0.1) is 0 Å². The first kappa shape index (κ1) is 22.5. The fourth-order valence-electron chi connectivity index (χ4n) is 5.84. The van der Waals surface area contributed by atoms with Crippen LogP contribution in [0.15, 0.2) is 152 Å². The van der Waals surface area contributed by atoms with Crippen molar-refractivity contribution in [2.24, 2.45) is 0 Å². The first-order valence-electron chi connectivity index (χ1n) is 12.5. The quantitative estimate of drug-likeness (QED) is 0.215. The van der Waals surface area contributed by atoms with Crippen molar-refractivity contribution < 1.29 is 5.11 Å². The molecule has 2 atom stereocenters. The first-order valence-corrected chi connectivity index (χ1v) is 12.5. The van der Waals surface area contributed by atoms with Crippen LogP contribution < -0.4 is 0 Å². The van der Waals surface area contributed by atoms with Gasteiger partial charge >= 0.3 is 0 Å². The summed E-state index contributed by atoms with van der Waals surface area (Å²) in [6.07, 6.45) is 0. The molecule has 1 fully saturated rings. The van der Waals surface area contributed by atoms with Crippen molar-refractivity contribution in [1.82, 2.24) is 4.90 Å². The van der Waals surface area contributed by atoms with E-state index in [1.54, 1.807) is 0 Å². The third-order valence-corrected chi connectivity index (χ3v) is 7.53. The highest BCUT2D eigenvalue weighted by molar-refractivity contribution is 5.53. The van der Waals surface area contributed by atoms with E-state index in [4.69, 9.17) is 0 Å². The highest BCUT2D eigenvalue weighted by Gasteiger charge is 2.61. The molecule has 36 heavy (non-hydrogen) atoms. The fourth-order valence-corrected chi connectivity index (χ4v) is 5.84. The maximum atomic E-state index is 12.6. The lowest BCUT2D eigenvalue weighted by Gasteiger charge is -2.40. The maximum Gasteiger partial charge on any atom is 0.131 e. The third kappa shape index (κ3) is 3.58. The summed E-state index contributed by atoms with van der Waals surface area (Å²) in [6.45, 7) is 0.749. The van der Waals surface area contributed by atoms with E-state index in [1.165, 1.54) is 16.7 Å². The summed E-state index contributed by atoms with van der Waals surface area (Å²) < 4.78 is 0. The van der Waals surface area contributed by atoms with Crippen molar-refractivity contribution in [2.75, 3.05) is 6.54 Å². The summed E-state index contributed by atoms with van der Waals surface area (Å²) in [7, 11) is 0. The molecule has 0 amide bonds. The second-order valence-corrected chi connectivity index (χ2v) is 9.48. The van der Waals surface area contributed by atoms with Crippen LogP contribution in [0.1, 0.15) is 27.8 Å². The largest absolute Gasteiger partial charge is 0.379 e. The molecule has 5 aromatic rings. The van der Waals surface area contributed by atoms with Gasteiger partial charge in [-0.2, -0.15) is 0 Å². The Labute approximate surface area is 213 Å². The first-order chi connectivity index (χ1) is 17.8. The molecule has 176 valence electrons. The van der Waals surface area contributed by atoms with Crippen LogP contribution >= 0.6 is 0 Å². The zero-order valence-corrected chi connectivity index (χ0v) is 20.1. The van der Waals surface area contributed by atoms with Crippen molar-refractivity contribution in [1.29, 1.82) is 0 Å². The molecule has 0 spiro atoms. The number of benzene rings is 5. The molecule has 0 aliphatic carbocycles. The highest BCUT2D eigenvalue weighted by atomic mass is 16.3. The topological polar surface area (TPSA) is 23.2 Å². The zero-order chi connectivity index (χ0) is 24.4. The fraction of sp³-hybridized carbons (Fsp3) is 0.118. The van der Waals surface area contributed by atoms with E-state index in [9.17, 15) is 5.11 Å². The number of hydrogen-bond donors (Lipinski definition) is 1. The van der Waals surface area contributed by atoms with Gasteiger partial charge in [-0.05, 0) is 27.8 Å². The van der Waals surface area contributed by atoms with Gasteiger partial charge < -0.3 is 5.11 Å². The highest BCUT2D eigenvalue weighted by Crippen LogP contribution is 2.53. The Hall–Kier alpha value is -3.98. The predicted molar refractivity (Wildman–Crippen MR) is 146 cm³/mol. The van der Waals surface area contributed by atoms with Crippen molar-refractivity contribution in [3.8, 4) is 0 Å². The molecule has 1 aliphatic rings. The summed E-state index contributed by atoms with van der Waals surface area (Å²) >= 11 is 0. The molecule has 0 bridgehead atoms. The molecule has 2 unspecified atom stereocenters. The zero-order valence-electron chi connectivity index (χ0n) is 20.1. The lowest BCUT2D eigenvalue weighted by atomic mass is 9.76. The SMILES string of the molecule is OC(c1ccccc1)(c1ccccc1)C1CN1C(c1ccccc1)(c1ccccc1)c1ccccc1. The Morgan fingerprint density at radius 1 is 0.444 bits per heavy atom. The summed E-state index contributed by atoms with van der Waals surface area (Å²) in [5.41, 5.74) is 3.67. The van der Waals surface area contributed by atoms with Gasteiger partial charge in [0, 0.05) is 6.54 Å². The number of rotatable bonds is 7. The van der Waals surface area contributed by atoms with Gasteiger partial charge in [0.2, 0.25) is 0 Å². The molecular formula is C34H29NO. The lowest BCUT2D eigenvalue weighted by molar-refractivity contribution is 0.0551. The Morgan fingerprint density at radius 3 is 1.03 bits per heavy atom. The van der Waals surface area contributed by atoms with Crippen molar-refractivity contribution in [3.05, 3.63) is 179 Å². The van der Waals surface area contributed by atoms with Crippen molar-refractivity contribution in [3.63, 3.8) is 0 Å². The van der Waals surface area contributed by atoms with E-state index >= 15 is 0 Å². The number of aliphatic hydroxyl groups is 1. The maximum absolute atomic E-state index is 12.6. The second kappa shape index (κ2) is 9.23. The molecule has 2 nitrogen and oxygen atoms in total. The van der Waals surface area contributed by atoms with Crippen LogP contribution in [0.3, 0.4) is 0 Å². The summed E-state index contributed by atoms with van der Waals surface area (Å²) in [6, 6.07) is 52.2. The Kier molecular flexibility index (Phi) is 5.77. The van der Waals surface area contributed by atoms with E-state index in [1.807, 2.05) is 60.7 Å². The van der Waals surface area contributed by atoms with Gasteiger partial charge in [-0.15, -0.1) is 0 Å². The van der Waals surface area contributed by atoms with Crippen LogP contribution in [0.2, 0.25) is 0 Å². The Morgan fingerprint density at radius 2 is 0.722 bits per heavy atom. The third-order valence-electron chi connectivity index (χ3n) is 7.53. The molecule has 5 aromatic carbocycles. The summed E-state index contributed by atoms with van der Waals surface area (Å²) in [5, 5.41) is 12.6. The van der Waals surface area contributed by atoms with Crippen LogP contribution in [0.5, 0.6) is 0 Å². The van der Waals surface area contributed by atoms with Gasteiger partial charge in [-0.1, -0.05) is 152 Å². The molecule has 1 N–H and O–H groups in total. The van der Waals surface area contributed by atoms with Crippen LogP contribution in [0.4, 0.5) is 0 Å². The summed E-state index contributed by atoms with van der Waals surface area (Å²) in [5.74, 6) is 0. The monoisotopic (exact) mass is 467 g/mol. The lowest BCUT2D eigenvalue weighted by Crippen LogP contribution is -2.44. The van der Waals surface area contributed by atoms with Gasteiger partial charge in [0.05, 0.1) is 11.6 Å². The van der Waals surface area contributed by atoms with Gasteiger partial charge in [0.15, 0.2) is 0 Å². The minimum absolute atomic E-state index is 0.122. The van der Waals surface area contributed by atoms with E-state index < -0.39 is 11.1 Å². The average Bonchev–Trinajstić information content (AvgIpc) is 3.78. The van der Waals surface area contributed by atoms with E-state index in [0.717, 1.165) is 17.7 Å². The van der Waals surface area contributed by atoms with E-state index in [0.29, 0.717) is 0 Å². The molecule has 1 heterocycles. The molecular weight excluding hydrogens is 438 g/mol. The molecule has 1 saturated heterocycles. The minimum Gasteiger partial charge on any atom is -0.379 e. The van der Waals surface area contributed by atoms with E-state index in [-0.39, 0.29) is 6.04 Å². The second-order valence-electron chi connectivity index (χ2n) is 9.48. The predicted octanol–water partition coefficient (Wildman–Crippen LogP) is 6.60. The molecule has 2 heteroatoms. The minimum atomic E-state index is -1.16. The molecule has 6 rings (SSSR count). The molecule has 0 aromatic heterocycles. The van der Waals surface area contributed by atoms with Crippen molar-refractivity contribution in [2.45, 2.75) is 17.2 Å². The van der Waals surface area contributed by atoms with Gasteiger partial charge in [-0.3, -0.25) is 4.90 Å². The van der Waals surface area contributed by atoms with Crippen molar-refractivity contribution >= 4 is 0 Å². The van der Waals surface area contributed by atoms with Crippen LogP contribution in [0.25, 0.3) is 0 Å². The van der Waals surface area contributed by atoms with Gasteiger partial charge in [0.1, 0.15) is 5.60 Å². The van der Waals surface area contributed by atoms with Crippen LogP contribution in [-0.2, 0) is 11.1 Å². The van der Waals surface area contributed by atoms with E-state index in [2.05, 4.69) is 95.9 Å². The van der Waals surface area contributed by atoms with Gasteiger partial charge in [0.25, 0.3) is 0 Å². The number of nitrogens with zero attached hydrogens (tertiary/aromatic N) is 1. The van der Waals surface area contributed by atoms with Gasteiger partial charge in [-0.25, -0.2) is 0 Å². The Balaban J connectivity index is 1.59.